The van der Waals surface area contributed by atoms with Crippen LogP contribution in [0.5, 0.6) is 0 Å². The van der Waals surface area contributed by atoms with Gasteiger partial charge in [-0.1, -0.05) is 6.07 Å². The Kier molecular flexibility index (Phi) is 3.74. The zero-order valence-electron chi connectivity index (χ0n) is 7.66. The lowest BCUT2D eigenvalue weighted by Gasteiger charge is -2.07. The summed E-state index contributed by atoms with van der Waals surface area (Å²) in [6.07, 6.45) is 6.14. The van der Waals surface area contributed by atoms with Crippen LogP contribution < -0.4 is 0 Å². The standard InChI is InChI=1S/C10H15NO/c1-9(12-2)5-6-10-4-3-7-11-8-10/h3-4,7-9H,5-6H2,1-2H3. The minimum Gasteiger partial charge on any atom is -0.382 e. The van der Waals surface area contributed by atoms with Crippen LogP contribution in [0.25, 0.3) is 0 Å². The van der Waals surface area contributed by atoms with E-state index < -0.39 is 0 Å². The Morgan fingerprint density at radius 1 is 1.58 bits per heavy atom. The van der Waals surface area contributed by atoms with Gasteiger partial charge in [-0.3, -0.25) is 4.98 Å². The third kappa shape index (κ3) is 3.01. The maximum absolute atomic E-state index is 5.15. The van der Waals surface area contributed by atoms with E-state index in [9.17, 15) is 0 Å². The molecular weight excluding hydrogens is 150 g/mol. The first kappa shape index (κ1) is 9.20. The number of aromatic nitrogens is 1. The zero-order valence-corrected chi connectivity index (χ0v) is 7.66. The molecule has 0 aliphatic heterocycles. The molecule has 1 unspecified atom stereocenters. The quantitative estimate of drug-likeness (QED) is 0.681. The monoisotopic (exact) mass is 165 g/mol. The molecule has 0 N–H and O–H groups in total. The minimum atomic E-state index is 0.338. The molecule has 0 saturated heterocycles. The summed E-state index contributed by atoms with van der Waals surface area (Å²) in [5.74, 6) is 0. The second-order valence-corrected chi connectivity index (χ2v) is 2.95. The van der Waals surface area contributed by atoms with Crippen molar-refractivity contribution in [2.75, 3.05) is 7.11 Å². The molecule has 1 rings (SSSR count). The SMILES string of the molecule is COC(C)CCc1cccnc1. The summed E-state index contributed by atoms with van der Waals surface area (Å²) in [6.45, 7) is 2.08. The molecule has 0 amide bonds. The number of rotatable bonds is 4. The summed E-state index contributed by atoms with van der Waals surface area (Å²) in [5, 5.41) is 0. The fraction of sp³-hybridized carbons (Fsp3) is 0.500. The van der Waals surface area contributed by atoms with Crippen LogP contribution in [0.2, 0.25) is 0 Å². The van der Waals surface area contributed by atoms with Crippen molar-refractivity contribution >= 4 is 0 Å². The summed E-state index contributed by atoms with van der Waals surface area (Å²) in [6, 6.07) is 4.06. The van der Waals surface area contributed by atoms with E-state index in [-0.39, 0.29) is 0 Å². The van der Waals surface area contributed by atoms with Gasteiger partial charge in [0, 0.05) is 19.5 Å². The molecule has 0 radical (unpaired) electrons. The first-order chi connectivity index (χ1) is 5.83. The minimum absolute atomic E-state index is 0.338. The topological polar surface area (TPSA) is 22.1 Å². The van der Waals surface area contributed by atoms with Gasteiger partial charge in [-0.05, 0) is 31.4 Å². The molecule has 1 atom stereocenters. The maximum Gasteiger partial charge on any atom is 0.0546 e. The van der Waals surface area contributed by atoms with E-state index in [1.54, 1.807) is 13.3 Å². The second-order valence-electron chi connectivity index (χ2n) is 2.95. The van der Waals surface area contributed by atoms with Crippen LogP contribution in [0.3, 0.4) is 0 Å². The number of methoxy groups -OCH3 is 1. The van der Waals surface area contributed by atoms with E-state index in [1.807, 2.05) is 12.3 Å². The molecule has 0 aliphatic carbocycles. The van der Waals surface area contributed by atoms with Crippen LogP contribution in [0.4, 0.5) is 0 Å². The van der Waals surface area contributed by atoms with Crippen molar-refractivity contribution in [2.45, 2.75) is 25.9 Å². The van der Waals surface area contributed by atoms with Crippen LogP contribution in [-0.2, 0) is 11.2 Å². The van der Waals surface area contributed by atoms with Crippen LogP contribution in [-0.4, -0.2) is 18.2 Å². The fourth-order valence-electron chi connectivity index (χ4n) is 1.03. The van der Waals surface area contributed by atoms with E-state index in [1.165, 1.54) is 5.56 Å². The van der Waals surface area contributed by atoms with Crippen LogP contribution in [0.15, 0.2) is 24.5 Å². The Morgan fingerprint density at radius 3 is 3.00 bits per heavy atom. The Balaban J connectivity index is 2.33. The molecule has 0 saturated carbocycles. The molecule has 1 heterocycles. The Bertz CT molecular complexity index is 210. The Hall–Kier alpha value is -0.890. The highest BCUT2D eigenvalue weighted by atomic mass is 16.5. The average molecular weight is 165 g/mol. The summed E-state index contributed by atoms with van der Waals surface area (Å²) < 4.78 is 5.15. The summed E-state index contributed by atoms with van der Waals surface area (Å²) in [5.41, 5.74) is 1.28. The van der Waals surface area contributed by atoms with Crippen molar-refractivity contribution < 1.29 is 4.74 Å². The van der Waals surface area contributed by atoms with Gasteiger partial charge in [-0.25, -0.2) is 0 Å². The number of hydrogen-bond donors (Lipinski definition) is 0. The van der Waals surface area contributed by atoms with Crippen LogP contribution >= 0.6 is 0 Å². The number of ether oxygens (including phenoxy) is 1. The molecule has 1 aromatic heterocycles. The molecule has 0 spiro atoms. The van der Waals surface area contributed by atoms with E-state index in [0.29, 0.717) is 6.10 Å². The van der Waals surface area contributed by atoms with Crippen molar-refractivity contribution in [1.29, 1.82) is 0 Å². The molecule has 0 bridgehead atoms. The normalized spacial score (nSPS) is 12.8. The number of pyridine rings is 1. The van der Waals surface area contributed by atoms with Crippen molar-refractivity contribution in [2.24, 2.45) is 0 Å². The van der Waals surface area contributed by atoms with Gasteiger partial charge in [-0.15, -0.1) is 0 Å². The van der Waals surface area contributed by atoms with Gasteiger partial charge in [0.2, 0.25) is 0 Å². The first-order valence-electron chi connectivity index (χ1n) is 4.24. The molecule has 2 nitrogen and oxygen atoms in total. The van der Waals surface area contributed by atoms with E-state index in [2.05, 4.69) is 18.0 Å². The Labute approximate surface area is 73.6 Å². The summed E-state index contributed by atoms with van der Waals surface area (Å²) in [4.78, 5) is 4.05. The molecule has 0 aromatic carbocycles. The predicted molar refractivity (Wildman–Crippen MR) is 49.0 cm³/mol. The van der Waals surface area contributed by atoms with Crippen molar-refractivity contribution in [3.8, 4) is 0 Å². The lowest BCUT2D eigenvalue weighted by atomic mass is 10.1. The highest BCUT2D eigenvalue weighted by Gasteiger charge is 1.99. The fourth-order valence-corrected chi connectivity index (χ4v) is 1.03. The lowest BCUT2D eigenvalue weighted by molar-refractivity contribution is 0.111. The summed E-state index contributed by atoms with van der Waals surface area (Å²) in [7, 11) is 1.74. The Morgan fingerprint density at radius 2 is 2.42 bits per heavy atom. The van der Waals surface area contributed by atoms with E-state index in [0.717, 1.165) is 12.8 Å². The summed E-state index contributed by atoms with van der Waals surface area (Å²) >= 11 is 0. The van der Waals surface area contributed by atoms with Crippen molar-refractivity contribution in [3.05, 3.63) is 30.1 Å². The predicted octanol–water partition coefficient (Wildman–Crippen LogP) is 2.05. The number of nitrogens with zero attached hydrogens (tertiary/aromatic N) is 1. The average Bonchev–Trinajstić information content (AvgIpc) is 2.16. The molecule has 2 heteroatoms. The van der Waals surface area contributed by atoms with Gasteiger partial charge in [0.05, 0.1) is 6.10 Å². The van der Waals surface area contributed by atoms with Gasteiger partial charge < -0.3 is 4.74 Å². The number of aryl methyl sites for hydroxylation is 1. The van der Waals surface area contributed by atoms with Gasteiger partial charge in [0.1, 0.15) is 0 Å². The second kappa shape index (κ2) is 4.88. The van der Waals surface area contributed by atoms with Gasteiger partial charge in [0.25, 0.3) is 0 Å². The van der Waals surface area contributed by atoms with Crippen LogP contribution in [0, 0.1) is 0 Å². The molecule has 1 aromatic rings. The van der Waals surface area contributed by atoms with Crippen LogP contribution in [0.1, 0.15) is 18.9 Å². The molecular formula is C10H15NO. The first-order valence-corrected chi connectivity index (χ1v) is 4.24. The van der Waals surface area contributed by atoms with Crippen molar-refractivity contribution in [1.82, 2.24) is 4.98 Å². The third-order valence-electron chi connectivity index (χ3n) is 1.96. The highest BCUT2D eigenvalue weighted by molar-refractivity contribution is 5.08. The van der Waals surface area contributed by atoms with E-state index >= 15 is 0 Å². The van der Waals surface area contributed by atoms with Gasteiger partial charge in [-0.2, -0.15) is 0 Å². The maximum atomic E-state index is 5.15. The largest absolute Gasteiger partial charge is 0.382 e. The lowest BCUT2D eigenvalue weighted by Crippen LogP contribution is -2.05. The number of hydrogen-bond acceptors (Lipinski definition) is 2. The van der Waals surface area contributed by atoms with E-state index in [4.69, 9.17) is 4.74 Å². The molecule has 12 heavy (non-hydrogen) atoms. The van der Waals surface area contributed by atoms with Gasteiger partial charge in [0.15, 0.2) is 0 Å². The van der Waals surface area contributed by atoms with Gasteiger partial charge >= 0.3 is 0 Å². The van der Waals surface area contributed by atoms with Crippen molar-refractivity contribution in [3.63, 3.8) is 0 Å². The highest BCUT2D eigenvalue weighted by Crippen LogP contribution is 2.04. The zero-order chi connectivity index (χ0) is 8.81. The molecule has 0 fully saturated rings. The molecule has 0 aliphatic rings. The third-order valence-corrected chi connectivity index (χ3v) is 1.96. The smallest absolute Gasteiger partial charge is 0.0546 e. The molecule has 66 valence electrons.